The van der Waals surface area contributed by atoms with Crippen LogP contribution in [0.25, 0.3) is 0 Å². The zero-order chi connectivity index (χ0) is 20.3. The first-order valence-electron chi connectivity index (χ1n) is 12.7. The molecule has 1 atom stereocenters. The van der Waals surface area contributed by atoms with E-state index < -0.39 is 0 Å². The molecule has 0 aromatic heterocycles. The molecule has 0 radical (unpaired) electrons. The highest BCUT2D eigenvalue weighted by atomic mass is 16.5. The molecule has 1 heterocycles. The van der Waals surface area contributed by atoms with Crippen LogP contribution in [0.1, 0.15) is 129 Å². The van der Waals surface area contributed by atoms with Gasteiger partial charge in [0.2, 0.25) is 0 Å². The molecule has 1 aliphatic rings. The second-order valence-corrected chi connectivity index (χ2v) is 8.81. The first kappa shape index (κ1) is 25.5. The van der Waals surface area contributed by atoms with Crippen molar-refractivity contribution in [3.05, 3.63) is 0 Å². The summed E-state index contributed by atoms with van der Waals surface area (Å²) < 4.78 is 5.58. The van der Waals surface area contributed by atoms with E-state index in [2.05, 4.69) is 18.7 Å². The quantitative estimate of drug-likeness (QED) is 0.170. The molecule has 0 unspecified atom stereocenters. The Morgan fingerprint density at radius 2 is 1.25 bits per heavy atom. The molecular formula is C25H49NO2. The van der Waals surface area contributed by atoms with Crippen molar-refractivity contribution in [3.8, 4) is 0 Å². The average Bonchev–Trinajstić information content (AvgIpc) is 3.17. The highest BCUT2D eigenvalue weighted by molar-refractivity contribution is 5.76. The lowest BCUT2D eigenvalue weighted by atomic mass is 10.1. The standard InChI is InChI=1S/C25H49NO2/c1-3-5-7-9-11-12-13-14-15-17-21-26-22-19-20-24(26)25(27)28-23-18-16-10-8-6-4-2/h24H,3-23H2,1-2H3/t24-/m0/s1. The number of ether oxygens (including phenoxy) is 1. The second-order valence-electron chi connectivity index (χ2n) is 8.81. The van der Waals surface area contributed by atoms with Crippen LogP contribution < -0.4 is 0 Å². The first-order chi connectivity index (χ1) is 13.8. The van der Waals surface area contributed by atoms with E-state index in [0.717, 1.165) is 32.4 Å². The maximum Gasteiger partial charge on any atom is 0.323 e. The Balaban J connectivity index is 1.99. The smallest absolute Gasteiger partial charge is 0.323 e. The van der Waals surface area contributed by atoms with Gasteiger partial charge >= 0.3 is 5.97 Å². The van der Waals surface area contributed by atoms with Gasteiger partial charge in [0.25, 0.3) is 0 Å². The van der Waals surface area contributed by atoms with E-state index in [4.69, 9.17) is 4.74 Å². The van der Waals surface area contributed by atoms with Gasteiger partial charge in [0.15, 0.2) is 0 Å². The van der Waals surface area contributed by atoms with Crippen LogP contribution in [0.4, 0.5) is 0 Å². The zero-order valence-electron chi connectivity index (χ0n) is 19.2. The molecule has 3 nitrogen and oxygen atoms in total. The highest BCUT2D eigenvalue weighted by Gasteiger charge is 2.31. The van der Waals surface area contributed by atoms with Crippen molar-refractivity contribution in [2.45, 2.75) is 135 Å². The summed E-state index contributed by atoms with van der Waals surface area (Å²) >= 11 is 0. The number of hydrogen-bond donors (Lipinski definition) is 0. The Morgan fingerprint density at radius 3 is 1.82 bits per heavy atom. The minimum atomic E-state index is 0.0399. The third kappa shape index (κ3) is 12.8. The molecule has 0 aromatic carbocycles. The lowest BCUT2D eigenvalue weighted by Gasteiger charge is -2.22. The molecule has 0 aliphatic carbocycles. The van der Waals surface area contributed by atoms with Gasteiger partial charge in [-0.3, -0.25) is 9.69 Å². The second kappa shape index (κ2) is 18.5. The molecular weight excluding hydrogens is 346 g/mol. The van der Waals surface area contributed by atoms with E-state index in [9.17, 15) is 4.79 Å². The van der Waals surface area contributed by atoms with Crippen molar-refractivity contribution in [1.82, 2.24) is 4.90 Å². The summed E-state index contributed by atoms with van der Waals surface area (Å²) in [7, 11) is 0. The van der Waals surface area contributed by atoms with Crippen molar-refractivity contribution < 1.29 is 9.53 Å². The monoisotopic (exact) mass is 395 g/mol. The van der Waals surface area contributed by atoms with Gasteiger partial charge in [0.05, 0.1) is 6.61 Å². The van der Waals surface area contributed by atoms with Crippen LogP contribution in [0, 0.1) is 0 Å². The lowest BCUT2D eigenvalue weighted by molar-refractivity contribution is -0.149. The molecule has 0 N–H and O–H groups in total. The minimum absolute atomic E-state index is 0.0399. The Morgan fingerprint density at radius 1 is 0.750 bits per heavy atom. The number of carbonyl (C=O) groups is 1. The molecule has 0 bridgehead atoms. The predicted molar refractivity (Wildman–Crippen MR) is 121 cm³/mol. The van der Waals surface area contributed by atoms with Crippen LogP contribution in [0.2, 0.25) is 0 Å². The van der Waals surface area contributed by atoms with Crippen molar-refractivity contribution in [3.63, 3.8) is 0 Å². The largest absolute Gasteiger partial charge is 0.465 e. The summed E-state index contributed by atoms with van der Waals surface area (Å²) in [5.74, 6) is 0.0399. The predicted octanol–water partition coefficient (Wildman–Crippen LogP) is 7.28. The molecule has 0 amide bonds. The molecule has 1 saturated heterocycles. The van der Waals surface area contributed by atoms with E-state index in [1.807, 2.05) is 0 Å². The number of rotatable bonds is 19. The Kier molecular flexibility index (Phi) is 16.8. The number of likely N-dealkylation sites (tertiary alicyclic amines) is 1. The van der Waals surface area contributed by atoms with Gasteiger partial charge in [-0.15, -0.1) is 0 Å². The van der Waals surface area contributed by atoms with Crippen molar-refractivity contribution in [1.29, 1.82) is 0 Å². The fraction of sp³-hybridized carbons (Fsp3) is 0.960. The molecule has 0 aromatic rings. The third-order valence-corrected chi connectivity index (χ3v) is 6.18. The maximum atomic E-state index is 12.4. The number of unbranched alkanes of at least 4 members (excludes halogenated alkanes) is 14. The minimum Gasteiger partial charge on any atom is -0.465 e. The highest BCUT2D eigenvalue weighted by Crippen LogP contribution is 2.20. The number of hydrogen-bond acceptors (Lipinski definition) is 3. The van der Waals surface area contributed by atoms with Gasteiger partial charge in [-0.05, 0) is 38.8 Å². The van der Waals surface area contributed by atoms with Gasteiger partial charge in [-0.1, -0.05) is 104 Å². The normalized spacial score (nSPS) is 17.3. The Bertz CT molecular complexity index is 358. The van der Waals surface area contributed by atoms with E-state index in [0.29, 0.717) is 6.61 Å². The third-order valence-electron chi connectivity index (χ3n) is 6.18. The fourth-order valence-corrected chi connectivity index (χ4v) is 4.31. The zero-order valence-corrected chi connectivity index (χ0v) is 19.2. The summed E-state index contributed by atoms with van der Waals surface area (Å²) in [6, 6.07) is 0.0404. The molecule has 0 spiro atoms. The molecule has 1 rings (SSSR count). The van der Waals surface area contributed by atoms with Crippen molar-refractivity contribution in [2.75, 3.05) is 19.7 Å². The lowest BCUT2D eigenvalue weighted by Crippen LogP contribution is -2.38. The van der Waals surface area contributed by atoms with E-state index >= 15 is 0 Å². The summed E-state index contributed by atoms with van der Waals surface area (Å²) in [5, 5.41) is 0. The molecule has 28 heavy (non-hydrogen) atoms. The maximum absolute atomic E-state index is 12.4. The number of nitrogens with zero attached hydrogens (tertiary/aromatic N) is 1. The number of carbonyl (C=O) groups excluding carboxylic acids is 1. The van der Waals surface area contributed by atoms with Crippen LogP contribution in [0.15, 0.2) is 0 Å². The SMILES string of the molecule is CCCCCCCCCCCCN1CCC[C@H]1C(=O)OCCCCCCCC. The Labute approximate surface area is 176 Å². The summed E-state index contributed by atoms with van der Waals surface area (Å²) in [6.45, 7) is 7.29. The van der Waals surface area contributed by atoms with Crippen LogP contribution >= 0.6 is 0 Å². The van der Waals surface area contributed by atoms with Gasteiger partial charge in [-0.25, -0.2) is 0 Å². The van der Waals surface area contributed by atoms with Crippen LogP contribution in [0.3, 0.4) is 0 Å². The first-order valence-corrected chi connectivity index (χ1v) is 12.7. The summed E-state index contributed by atoms with van der Waals surface area (Å²) in [5.41, 5.74) is 0. The van der Waals surface area contributed by atoms with E-state index in [1.54, 1.807) is 0 Å². The van der Waals surface area contributed by atoms with Crippen LogP contribution in [0.5, 0.6) is 0 Å². The van der Waals surface area contributed by atoms with Gasteiger partial charge in [-0.2, -0.15) is 0 Å². The Hall–Kier alpha value is -0.570. The van der Waals surface area contributed by atoms with Crippen molar-refractivity contribution >= 4 is 5.97 Å². The fourth-order valence-electron chi connectivity index (χ4n) is 4.31. The number of esters is 1. The van der Waals surface area contributed by atoms with Gasteiger partial charge in [0.1, 0.15) is 6.04 Å². The van der Waals surface area contributed by atoms with Gasteiger partial charge < -0.3 is 4.74 Å². The van der Waals surface area contributed by atoms with E-state index in [-0.39, 0.29) is 12.0 Å². The van der Waals surface area contributed by atoms with E-state index in [1.165, 1.54) is 96.3 Å². The molecule has 1 fully saturated rings. The topological polar surface area (TPSA) is 29.5 Å². The summed E-state index contributed by atoms with van der Waals surface area (Å²) in [4.78, 5) is 14.8. The van der Waals surface area contributed by atoms with Crippen LogP contribution in [-0.2, 0) is 9.53 Å². The van der Waals surface area contributed by atoms with Gasteiger partial charge in [0, 0.05) is 0 Å². The summed E-state index contributed by atoms with van der Waals surface area (Å²) in [6.07, 6.45) is 23.3. The van der Waals surface area contributed by atoms with Crippen molar-refractivity contribution in [2.24, 2.45) is 0 Å². The average molecular weight is 396 g/mol. The molecule has 1 aliphatic heterocycles. The van der Waals surface area contributed by atoms with Crippen LogP contribution in [-0.4, -0.2) is 36.6 Å². The molecule has 3 heteroatoms. The molecule has 0 saturated carbocycles. The molecule has 166 valence electrons.